The third-order valence-corrected chi connectivity index (χ3v) is 3.88. The minimum atomic E-state index is -0.428. The van der Waals surface area contributed by atoms with E-state index in [2.05, 4.69) is 30.2 Å². The van der Waals surface area contributed by atoms with Crippen molar-refractivity contribution in [2.45, 2.75) is 26.8 Å². The summed E-state index contributed by atoms with van der Waals surface area (Å²) in [5, 5.41) is 15.0. The maximum Gasteiger partial charge on any atom is 0.195 e. The zero-order chi connectivity index (χ0) is 13.3. The Bertz CT molecular complexity index is 593. The fourth-order valence-electron chi connectivity index (χ4n) is 1.80. The average Bonchev–Trinajstić information content (AvgIpc) is 2.81. The second-order valence-corrected chi connectivity index (χ2v) is 5.84. The first-order valence-corrected chi connectivity index (χ1v) is 7.05. The highest BCUT2D eigenvalue weighted by Crippen LogP contribution is 2.28. The summed E-state index contributed by atoms with van der Waals surface area (Å²) < 4.78 is 1.95. The van der Waals surface area contributed by atoms with Gasteiger partial charge in [-0.3, -0.25) is 9.72 Å². The van der Waals surface area contributed by atoms with Gasteiger partial charge in [0.05, 0.1) is 11.8 Å². The van der Waals surface area contributed by atoms with Crippen molar-refractivity contribution in [3.8, 4) is 6.07 Å². The molecule has 0 radical (unpaired) electrons. The van der Waals surface area contributed by atoms with E-state index in [1.54, 1.807) is 0 Å². The highest BCUT2D eigenvalue weighted by atomic mass is 35.5. The molecule has 2 heterocycles. The summed E-state index contributed by atoms with van der Waals surface area (Å²) in [4.78, 5) is 5.12. The van der Waals surface area contributed by atoms with Gasteiger partial charge in [-0.2, -0.15) is 5.26 Å². The summed E-state index contributed by atoms with van der Waals surface area (Å²) in [6.07, 6.45) is 0. The molecular formula is C12H15ClN4S. The molecule has 0 spiro atoms. The highest BCUT2D eigenvalue weighted by Gasteiger charge is 2.22. The summed E-state index contributed by atoms with van der Waals surface area (Å²) >= 11 is 7.68. The van der Waals surface area contributed by atoms with Crippen molar-refractivity contribution >= 4 is 27.9 Å². The molecule has 1 N–H and O–H groups in total. The molecule has 0 aliphatic heterocycles. The van der Waals surface area contributed by atoms with E-state index in [0.29, 0.717) is 11.1 Å². The Hall–Kier alpha value is -1.09. The summed E-state index contributed by atoms with van der Waals surface area (Å²) in [5.74, 6) is 0.478. The molecule has 6 heteroatoms. The second kappa shape index (κ2) is 5.27. The van der Waals surface area contributed by atoms with Gasteiger partial charge in [0.15, 0.2) is 10.1 Å². The number of aromatic nitrogens is 2. The van der Waals surface area contributed by atoms with Crippen LogP contribution < -0.4 is 5.32 Å². The number of halogens is 1. The van der Waals surface area contributed by atoms with Crippen molar-refractivity contribution in [2.75, 3.05) is 6.54 Å². The van der Waals surface area contributed by atoms with Crippen molar-refractivity contribution in [1.29, 1.82) is 5.26 Å². The van der Waals surface area contributed by atoms with Crippen LogP contribution in [0.5, 0.6) is 0 Å². The van der Waals surface area contributed by atoms with Gasteiger partial charge in [0.1, 0.15) is 6.04 Å². The number of rotatable bonds is 4. The number of fused-ring (bicyclic) bond motifs is 1. The van der Waals surface area contributed by atoms with E-state index < -0.39 is 6.04 Å². The Morgan fingerprint density at radius 3 is 2.94 bits per heavy atom. The Kier molecular flexibility index (Phi) is 3.91. The van der Waals surface area contributed by atoms with Crippen LogP contribution in [0.3, 0.4) is 0 Å². The third kappa shape index (κ3) is 2.37. The smallest absolute Gasteiger partial charge is 0.195 e. The molecule has 0 saturated carbocycles. The molecule has 4 nitrogen and oxygen atoms in total. The minimum Gasteiger partial charge on any atom is -0.297 e. The molecule has 0 aromatic carbocycles. The first-order chi connectivity index (χ1) is 8.54. The van der Waals surface area contributed by atoms with E-state index in [-0.39, 0.29) is 0 Å². The molecule has 18 heavy (non-hydrogen) atoms. The lowest BCUT2D eigenvalue weighted by Gasteiger charge is -2.13. The molecular weight excluding hydrogens is 268 g/mol. The number of hydrogen-bond donors (Lipinski definition) is 1. The molecule has 0 bridgehead atoms. The van der Waals surface area contributed by atoms with Crippen molar-refractivity contribution in [1.82, 2.24) is 14.7 Å². The van der Waals surface area contributed by atoms with Crippen LogP contribution in [0.15, 0.2) is 5.38 Å². The van der Waals surface area contributed by atoms with Gasteiger partial charge in [-0.15, -0.1) is 11.3 Å². The van der Waals surface area contributed by atoms with Crippen molar-refractivity contribution < 1.29 is 0 Å². The number of nitrogens with one attached hydrogen (secondary N) is 1. The van der Waals surface area contributed by atoms with Gasteiger partial charge in [-0.1, -0.05) is 25.4 Å². The number of hydrogen-bond acceptors (Lipinski definition) is 4. The molecule has 0 aliphatic carbocycles. The Balaban J connectivity index is 2.41. The lowest BCUT2D eigenvalue weighted by atomic mass is 10.2. The summed E-state index contributed by atoms with van der Waals surface area (Å²) in [6, 6.07) is 1.83. The molecule has 0 aliphatic rings. The normalized spacial score (nSPS) is 13.1. The van der Waals surface area contributed by atoms with Gasteiger partial charge < -0.3 is 0 Å². The van der Waals surface area contributed by atoms with Gasteiger partial charge in [0.25, 0.3) is 0 Å². The molecule has 1 atom stereocenters. The second-order valence-electron chi connectivity index (χ2n) is 4.65. The zero-order valence-electron chi connectivity index (χ0n) is 10.6. The van der Waals surface area contributed by atoms with Gasteiger partial charge in [0, 0.05) is 11.1 Å². The van der Waals surface area contributed by atoms with E-state index >= 15 is 0 Å². The first kappa shape index (κ1) is 13.3. The van der Waals surface area contributed by atoms with E-state index in [4.69, 9.17) is 11.6 Å². The van der Waals surface area contributed by atoms with Gasteiger partial charge in [-0.05, 0) is 19.4 Å². The van der Waals surface area contributed by atoms with Crippen LogP contribution in [0, 0.1) is 24.2 Å². The molecule has 0 saturated heterocycles. The van der Waals surface area contributed by atoms with Crippen molar-refractivity contribution in [2.24, 2.45) is 5.92 Å². The molecule has 0 fully saturated rings. The fourth-order valence-corrected chi connectivity index (χ4v) is 3.00. The molecule has 1 unspecified atom stereocenters. The number of imidazole rings is 1. The van der Waals surface area contributed by atoms with Gasteiger partial charge >= 0.3 is 0 Å². The van der Waals surface area contributed by atoms with Crippen LogP contribution in [0.4, 0.5) is 0 Å². The van der Waals surface area contributed by atoms with E-state index in [1.807, 2.05) is 16.7 Å². The van der Waals surface area contributed by atoms with Crippen molar-refractivity contribution in [3.63, 3.8) is 0 Å². The van der Waals surface area contributed by atoms with E-state index in [1.165, 1.54) is 11.3 Å². The van der Waals surface area contributed by atoms with E-state index in [0.717, 1.165) is 22.9 Å². The van der Waals surface area contributed by atoms with Crippen LogP contribution in [-0.2, 0) is 0 Å². The fraction of sp³-hybridized carbons (Fsp3) is 0.500. The minimum absolute atomic E-state index is 0.410. The van der Waals surface area contributed by atoms with Crippen LogP contribution >= 0.6 is 22.9 Å². The molecule has 0 amide bonds. The first-order valence-electron chi connectivity index (χ1n) is 5.79. The summed E-state index contributed by atoms with van der Waals surface area (Å²) in [7, 11) is 0. The molecule has 2 aromatic rings. The standard InChI is InChI=1S/C12H15ClN4S/c1-7(2)5-15-9(4-14)10-11(13)16-12-17(10)8(3)6-18-12/h6-7,9,15H,5H2,1-3H3. The number of thiazole rings is 1. The maximum absolute atomic E-state index is 9.31. The van der Waals surface area contributed by atoms with Gasteiger partial charge in [-0.25, -0.2) is 4.98 Å². The van der Waals surface area contributed by atoms with Gasteiger partial charge in [0.2, 0.25) is 0 Å². The Morgan fingerprint density at radius 1 is 1.61 bits per heavy atom. The topological polar surface area (TPSA) is 53.1 Å². The van der Waals surface area contributed by atoms with Crippen LogP contribution in [-0.4, -0.2) is 15.9 Å². The van der Waals surface area contributed by atoms with E-state index in [9.17, 15) is 5.26 Å². The number of aryl methyl sites for hydroxylation is 1. The zero-order valence-corrected chi connectivity index (χ0v) is 12.1. The molecule has 2 aromatic heterocycles. The summed E-state index contributed by atoms with van der Waals surface area (Å²) in [6.45, 7) is 6.96. The summed E-state index contributed by atoms with van der Waals surface area (Å²) in [5.41, 5.74) is 1.80. The number of nitrogens with zero attached hydrogens (tertiary/aromatic N) is 3. The Morgan fingerprint density at radius 2 is 2.33 bits per heavy atom. The quantitative estimate of drug-likeness (QED) is 0.937. The largest absolute Gasteiger partial charge is 0.297 e. The number of nitriles is 1. The predicted octanol–water partition coefficient (Wildman–Crippen LogP) is 3.17. The van der Waals surface area contributed by atoms with Crippen molar-refractivity contribution in [3.05, 3.63) is 21.9 Å². The maximum atomic E-state index is 9.31. The Labute approximate surface area is 115 Å². The SMILES string of the molecule is Cc1csc2nc(Cl)c(C(C#N)NCC(C)C)n12. The third-order valence-electron chi connectivity index (χ3n) is 2.66. The lowest BCUT2D eigenvalue weighted by molar-refractivity contribution is 0.518. The van der Waals surface area contributed by atoms with Crippen LogP contribution in [0.25, 0.3) is 4.96 Å². The van der Waals surface area contributed by atoms with Crippen LogP contribution in [0.1, 0.15) is 31.3 Å². The monoisotopic (exact) mass is 282 g/mol. The van der Waals surface area contributed by atoms with Crippen LogP contribution in [0.2, 0.25) is 5.15 Å². The predicted molar refractivity (Wildman–Crippen MR) is 74.0 cm³/mol. The molecule has 2 rings (SSSR count). The highest BCUT2D eigenvalue weighted by molar-refractivity contribution is 7.15. The average molecular weight is 283 g/mol. The molecule has 96 valence electrons. The lowest BCUT2D eigenvalue weighted by Crippen LogP contribution is -2.25.